The predicted octanol–water partition coefficient (Wildman–Crippen LogP) is 6.79. The molecule has 1 aliphatic heterocycles. The maximum Gasteiger partial charge on any atom is 0.157 e. The van der Waals surface area contributed by atoms with Gasteiger partial charge in [0.15, 0.2) is 6.10 Å². The fourth-order valence-corrected chi connectivity index (χ4v) is 4.47. The molecule has 0 aromatic rings. The Morgan fingerprint density at radius 1 is 1.23 bits per heavy atom. The average Bonchev–Trinajstić information content (AvgIpc) is 3.25. The van der Waals surface area contributed by atoms with Gasteiger partial charge in [-0.05, 0) is 50.6 Å². The van der Waals surface area contributed by atoms with E-state index in [1.54, 1.807) is 0 Å². The van der Waals surface area contributed by atoms with Crippen molar-refractivity contribution < 1.29 is 9.94 Å². The Morgan fingerprint density at radius 3 is 2.39 bits per heavy atom. The van der Waals surface area contributed by atoms with Crippen LogP contribution in [0.25, 0.3) is 0 Å². The van der Waals surface area contributed by atoms with Crippen LogP contribution in [0, 0.1) is 17.8 Å². The van der Waals surface area contributed by atoms with Crippen LogP contribution >= 0.6 is 9.39 Å². The maximum atomic E-state index is 7.00. The minimum absolute atomic E-state index is 0.0311. The van der Waals surface area contributed by atoms with Crippen LogP contribution in [-0.2, 0) is 4.84 Å². The van der Waals surface area contributed by atoms with Crippen molar-refractivity contribution in [1.82, 2.24) is 4.67 Å². The van der Waals surface area contributed by atoms with E-state index in [4.69, 9.17) is 9.94 Å². The van der Waals surface area contributed by atoms with Crippen LogP contribution in [-0.4, -0.2) is 42.3 Å². The van der Waals surface area contributed by atoms with Gasteiger partial charge in [0.2, 0.25) is 0 Å². The monoisotopic (exact) mass is 452 g/mol. The van der Waals surface area contributed by atoms with Crippen LogP contribution in [0.15, 0.2) is 41.6 Å². The SMILES string of the molecule is C=C(/C=C\C=C/C)C1CC(C2CCCC(C(C)CCN(C)P)CCC2)=NO1.CC.CO. The van der Waals surface area contributed by atoms with Crippen LogP contribution in [0.4, 0.5) is 0 Å². The smallest absolute Gasteiger partial charge is 0.157 e. The standard InChI is InChI=1S/C23H39N2OP.C2H6.CH4O/c1-5-6-7-10-19(3)23-17-22(24-26-23)21-13-8-11-20(12-9-14-21)18(2)15-16-25(4)27;2*1-2/h5-7,10,18,20-21,23H,3,8-9,11-17,27H2,1-2,4H3;1-2H3;2H,1H3/b6-5-,10-7-;;. The highest BCUT2D eigenvalue weighted by atomic mass is 31.0. The Bertz CT molecular complexity index is 548. The molecule has 1 heterocycles. The topological polar surface area (TPSA) is 45.1 Å². The Labute approximate surface area is 195 Å². The van der Waals surface area contributed by atoms with Gasteiger partial charge in [-0.15, -0.1) is 0 Å². The minimum atomic E-state index is 0.0311. The lowest BCUT2D eigenvalue weighted by Gasteiger charge is -2.29. The summed E-state index contributed by atoms with van der Waals surface area (Å²) in [6.07, 6.45) is 18.3. The summed E-state index contributed by atoms with van der Waals surface area (Å²) in [5, 5.41) is 11.5. The van der Waals surface area contributed by atoms with Crippen LogP contribution in [0.3, 0.4) is 0 Å². The third kappa shape index (κ3) is 12.0. The minimum Gasteiger partial charge on any atom is -0.400 e. The number of aliphatic hydroxyl groups is 1. The Morgan fingerprint density at radius 2 is 1.84 bits per heavy atom. The van der Waals surface area contributed by atoms with Gasteiger partial charge in [0, 0.05) is 26.0 Å². The number of hydrogen-bond donors (Lipinski definition) is 1. The van der Waals surface area contributed by atoms with Gasteiger partial charge in [0.05, 0.1) is 5.71 Å². The molecular formula is C26H49N2O2P. The molecule has 180 valence electrons. The number of hydrogen-bond acceptors (Lipinski definition) is 4. The quantitative estimate of drug-likeness (QED) is 0.326. The van der Waals surface area contributed by atoms with E-state index in [0.717, 1.165) is 30.9 Å². The molecule has 0 saturated heterocycles. The summed E-state index contributed by atoms with van der Waals surface area (Å²) in [6.45, 7) is 13.8. The fourth-order valence-electron chi connectivity index (χ4n) is 4.32. The van der Waals surface area contributed by atoms with Crippen molar-refractivity contribution in [2.24, 2.45) is 22.9 Å². The summed E-state index contributed by atoms with van der Waals surface area (Å²) in [5.74, 6) is 2.33. The first-order chi connectivity index (χ1) is 15.0. The first-order valence-electron chi connectivity index (χ1n) is 12.1. The first kappa shape index (κ1) is 30.0. The lowest BCUT2D eigenvalue weighted by Crippen LogP contribution is -2.22. The van der Waals surface area contributed by atoms with E-state index in [9.17, 15) is 0 Å². The number of oxime groups is 1. The largest absolute Gasteiger partial charge is 0.400 e. The summed E-state index contributed by atoms with van der Waals surface area (Å²) in [4.78, 5) is 5.70. The van der Waals surface area contributed by atoms with E-state index >= 15 is 0 Å². The van der Waals surface area contributed by atoms with Gasteiger partial charge in [0.1, 0.15) is 0 Å². The molecule has 1 saturated carbocycles. The molecule has 1 N–H and O–H groups in total. The molecule has 0 radical (unpaired) electrons. The van der Waals surface area contributed by atoms with Gasteiger partial charge in [-0.1, -0.05) is 91.9 Å². The highest BCUT2D eigenvalue weighted by molar-refractivity contribution is 7.13. The Kier molecular flexibility index (Phi) is 18.0. The van der Waals surface area contributed by atoms with Crippen LogP contribution in [0.5, 0.6) is 0 Å². The summed E-state index contributed by atoms with van der Waals surface area (Å²) < 4.78 is 2.23. The second kappa shape index (κ2) is 18.6. The predicted molar refractivity (Wildman–Crippen MR) is 140 cm³/mol. The van der Waals surface area contributed by atoms with Crippen LogP contribution < -0.4 is 0 Å². The summed E-state index contributed by atoms with van der Waals surface area (Å²) in [5.41, 5.74) is 2.29. The van der Waals surface area contributed by atoms with Gasteiger partial charge in [-0.2, -0.15) is 0 Å². The van der Waals surface area contributed by atoms with Crippen molar-refractivity contribution >= 4 is 15.1 Å². The van der Waals surface area contributed by atoms with E-state index in [1.807, 2.05) is 45.1 Å². The first-order valence-corrected chi connectivity index (χ1v) is 12.6. The molecule has 1 fully saturated rings. The van der Waals surface area contributed by atoms with Gasteiger partial charge in [-0.25, -0.2) is 0 Å². The number of aliphatic hydroxyl groups excluding tert-OH is 1. The van der Waals surface area contributed by atoms with Crippen molar-refractivity contribution in [2.45, 2.75) is 85.2 Å². The van der Waals surface area contributed by atoms with Crippen molar-refractivity contribution in [3.63, 3.8) is 0 Å². The zero-order valence-corrected chi connectivity index (χ0v) is 22.2. The van der Waals surface area contributed by atoms with Crippen molar-refractivity contribution in [2.75, 3.05) is 20.7 Å². The molecule has 3 unspecified atom stereocenters. The van der Waals surface area contributed by atoms with Gasteiger partial charge < -0.3 is 9.94 Å². The van der Waals surface area contributed by atoms with Crippen LogP contribution in [0.1, 0.15) is 79.1 Å². The summed E-state index contributed by atoms with van der Waals surface area (Å²) in [6, 6.07) is 0. The zero-order valence-electron chi connectivity index (χ0n) is 21.0. The van der Waals surface area contributed by atoms with Crippen molar-refractivity contribution in [3.8, 4) is 0 Å². The zero-order chi connectivity index (χ0) is 23.6. The second-order valence-corrected chi connectivity index (χ2v) is 9.29. The Hall–Kier alpha value is -0.960. The lowest BCUT2D eigenvalue weighted by atomic mass is 9.77. The molecule has 0 bridgehead atoms. The highest BCUT2D eigenvalue weighted by Gasteiger charge is 2.29. The molecule has 0 amide bonds. The average molecular weight is 453 g/mol. The molecule has 0 spiro atoms. The highest BCUT2D eigenvalue weighted by Crippen LogP contribution is 2.34. The molecule has 0 aromatic carbocycles. The van der Waals surface area contributed by atoms with E-state index in [1.165, 1.54) is 57.2 Å². The van der Waals surface area contributed by atoms with E-state index in [2.05, 4.69) is 39.8 Å². The molecule has 5 heteroatoms. The third-order valence-corrected chi connectivity index (χ3v) is 6.45. The fraction of sp³-hybridized carbons (Fsp3) is 0.731. The molecule has 2 rings (SSSR count). The molecule has 4 nitrogen and oxygen atoms in total. The van der Waals surface area contributed by atoms with Gasteiger partial charge in [-0.3, -0.25) is 4.67 Å². The normalized spacial score (nSPS) is 24.9. The molecule has 0 aromatic heterocycles. The van der Waals surface area contributed by atoms with E-state index in [0.29, 0.717) is 5.92 Å². The number of rotatable bonds is 8. The molecule has 3 atom stereocenters. The van der Waals surface area contributed by atoms with E-state index in [-0.39, 0.29) is 6.10 Å². The molecule has 2 aliphatic rings. The lowest BCUT2D eigenvalue weighted by molar-refractivity contribution is 0.114. The van der Waals surface area contributed by atoms with Gasteiger partial charge >= 0.3 is 0 Å². The third-order valence-electron chi connectivity index (χ3n) is 6.19. The summed E-state index contributed by atoms with van der Waals surface area (Å²) >= 11 is 0. The van der Waals surface area contributed by atoms with Crippen molar-refractivity contribution in [1.29, 1.82) is 0 Å². The second-order valence-electron chi connectivity index (χ2n) is 8.41. The molecule has 31 heavy (non-hydrogen) atoms. The Balaban J connectivity index is 0.00000212. The maximum absolute atomic E-state index is 7.00. The van der Waals surface area contributed by atoms with Crippen LogP contribution in [0.2, 0.25) is 0 Å². The number of nitrogens with zero attached hydrogens (tertiary/aromatic N) is 2. The van der Waals surface area contributed by atoms with Gasteiger partial charge in [0.25, 0.3) is 0 Å². The van der Waals surface area contributed by atoms with E-state index < -0.39 is 0 Å². The number of allylic oxidation sites excluding steroid dienone is 3. The molecule has 1 aliphatic carbocycles. The molecular weight excluding hydrogens is 403 g/mol. The summed E-state index contributed by atoms with van der Waals surface area (Å²) in [7, 11) is 5.92. The van der Waals surface area contributed by atoms with Crippen molar-refractivity contribution in [3.05, 3.63) is 36.5 Å².